The van der Waals surface area contributed by atoms with E-state index in [9.17, 15) is 19.2 Å². The van der Waals surface area contributed by atoms with E-state index in [1.54, 1.807) is 41.5 Å². The third-order valence-electron chi connectivity index (χ3n) is 7.28. The maximum absolute atomic E-state index is 12.9. The number of hydrogen-bond donors (Lipinski definition) is 0. The van der Waals surface area contributed by atoms with Crippen LogP contribution >= 0.6 is 0 Å². The fourth-order valence-electron chi connectivity index (χ4n) is 4.27. The average Bonchev–Trinajstić information content (AvgIpc) is 2.65. The number of hydrogen-bond acceptors (Lipinski definition) is 7. The summed E-state index contributed by atoms with van der Waals surface area (Å²) < 4.78 is 17.4. The van der Waals surface area contributed by atoms with E-state index in [1.807, 2.05) is 55.4 Å². The molecule has 0 bridgehead atoms. The van der Waals surface area contributed by atoms with E-state index in [1.165, 1.54) is 0 Å². The van der Waals surface area contributed by atoms with E-state index < -0.39 is 32.9 Å². The second-order valence-electron chi connectivity index (χ2n) is 14.4. The minimum Gasteiger partial charge on any atom is -0.465 e. The lowest BCUT2D eigenvalue weighted by molar-refractivity contribution is -0.171. The van der Waals surface area contributed by atoms with Gasteiger partial charge in [0.2, 0.25) is 0 Å². The zero-order valence-corrected chi connectivity index (χ0v) is 26.1. The molecule has 0 N–H and O–H groups in total. The van der Waals surface area contributed by atoms with Gasteiger partial charge in [-0.3, -0.25) is 19.2 Å². The number of esters is 2. The Labute approximate surface area is 225 Å². The molecule has 0 aliphatic carbocycles. The van der Waals surface area contributed by atoms with Crippen molar-refractivity contribution in [3.05, 3.63) is 0 Å². The monoisotopic (exact) mass is 526 g/mol. The van der Waals surface area contributed by atoms with Crippen molar-refractivity contribution in [2.45, 2.75) is 134 Å². The van der Waals surface area contributed by atoms with Gasteiger partial charge < -0.3 is 14.2 Å². The average molecular weight is 527 g/mol. The molecule has 0 spiro atoms. The molecule has 0 saturated heterocycles. The predicted molar refractivity (Wildman–Crippen MR) is 146 cm³/mol. The molecular weight excluding hydrogens is 472 g/mol. The molecule has 0 aromatic carbocycles. The van der Waals surface area contributed by atoms with Crippen LogP contribution < -0.4 is 0 Å². The molecule has 0 amide bonds. The molecule has 216 valence electrons. The first-order valence-corrected chi connectivity index (χ1v) is 13.3. The Hall–Kier alpha value is -1.76. The van der Waals surface area contributed by atoms with E-state index in [0.717, 1.165) is 0 Å². The van der Waals surface area contributed by atoms with Crippen molar-refractivity contribution in [1.82, 2.24) is 0 Å². The maximum atomic E-state index is 12.9. The van der Waals surface area contributed by atoms with E-state index in [2.05, 4.69) is 0 Å². The van der Waals surface area contributed by atoms with E-state index in [4.69, 9.17) is 14.2 Å². The zero-order valence-electron chi connectivity index (χ0n) is 26.1. The fourth-order valence-corrected chi connectivity index (χ4v) is 4.27. The standard InChI is InChI=1S/C30H54O7/c1-21(31)25(3,4)19-27(7,8)23(33)35-17-15-29(11,12)36-18-16-30(13,14)37-24(34)28(9,10)20-26(5,6)22(2)32/h15-20H2,1-14H3. The molecule has 0 unspecified atom stereocenters. The summed E-state index contributed by atoms with van der Waals surface area (Å²) in [6, 6.07) is 0. The summed E-state index contributed by atoms with van der Waals surface area (Å²) in [7, 11) is 0. The lowest BCUT2D eigenvalue weighted by Crippen LogP contribution is -2.40. The second-order valence-corrected chi connectivity index (χ2v) is 14.4. The van der Waals surface area contributed by atoms with Gasteiger partial charge in [0.05, 0.1) is 29.6 Å². The van der Waals surface area contributed by atoms with E-state index in [0.29, 0.717) is 32.3 Å². The lowest BCUT2D eigenvalue weighted by Gasteiger charge is -2.35. The van der Waals surface area contributed by atoms with Gasteiger partial charge in [0.1, 0.15) is 17.2 Å². The van der Waals surface area contributed by atoms with Crippen molar-refractivity contribution in [2.75, 3.05) is 13.2 Å². The molecule has 7 nitrogen and oxygen atoms in total. The first-order valence-electron chi connectivity index (χ1n) is 13.3. The van der Waals surface area contributed by atoms with Gasteiger partial charge in [0, 0.05) is 23.7 Å². The third-order valence-corrected chi connectivity index (χ3v) is 7.28. The number of rotatable bonds is 16. The summed E-state index contributed by atoms with van der Waals surface area (Å²) in [6.45, 7) is 25.8. The van der Waals surface area contributed by atoms with Crippen molar-refractivity contribution in [3.8, 4) is 0 Å². The van der Waals surface area contributed by atoms with E-state index in [-0.39, 0.29) is 30.1 Å². The van der Waals surface area contributed by atoms with Crippen LogP contribution in [0.4, 0.5) is 0 Å². The summed E-state index contributed by atoms with van der Waals surface area (Å²) in [4.78, 5) is 49.4. The summed E-state index contributed by atoms with van der Waals surface area (Å²) in [6.07, 6.45) is 1.79. The highest BCUT2D eigenvalue weighted by atomic mass is 16.6. The van der Waals surface area contributed by atoms with Crippen LogP contribution in [0.1, 0.15) is 123 Å². The third kappa shape index (κ3) is 12.1. The highest BCUT2D eigenvalue weighted by Crippen LogP contribution is 2.37. The molecule has 0 rings (SSSR count). The molecule has 0 aromatic rings. The molecule has 0 aliphatic heterocycles. The minimum atomic E-state index is -0.802. The van der Waals surface area contributed by atoms with Gasteiger partial charge in [-0.15, -0.1) is 0 Å². The van der Waals surface area contributed by atoms with Gasteiger partial charge in [0.15, 0.2) is 0 Å². The molecule has 0 fully saturated rings. The van der Waals surface area contributed by atoms with E-state index >= 15 is 0 Å². The molecule has 0 radical (unpaired) electrons. The summed E-state index contributed by atoms with van der Waals surface area (Å²) >= 11 is 0. The molecule has 0 atom stereocenters. The zero-order chi connectivity index (χ0) is 29.7. The molecule has 7 heteroatoms. The fraction of sp³-hybridized carbons (Fsp3) is 0.867. The molecule has 0 saturated carbocycles. The number of carbonyl (C=O) groups is 4. The van der Waals surface area contributed by atoms with Gasteiger partial charge in [-0.25, -0.2) is 0 Å². The highest BCUT2D eigenvalue weighted by molar-refractivity contribution is 5.84. The maximum Gasteiger partial charge on any atom is 0.312 e. The number of ketones is 2. The van der Waals surface area contributed by atoms with Crippen molar-refractivity contribution in [2.24, 2.45) is 21.7 Å². The Balaban J connectivity index is 4.77. The van der Waals surface area contributed by atoms with Crippen molar-refractivity contribution in [1.29, 1.82) is 0 Å². The Bertz CT molecular complexity index is 829. The Kier molecular flexibility index (Phi) is 11.8. The topological polar surface area (TPSA) is 96.0 Å². The van der Waals surface area contributed by atoms with Gasteiger partial charge in [-0.05, 0) is 82.1 Å². The van der Waals surface area contributed by atoms with Crippen LogP contribution in [0.25, 0.3) is 0 Å². The van der Waals surface area contributed by atoms with Gasteiger partial charge >= 0.3 is 11.9 Å². The smallest absolute Gasteiger partial charge is 0.312 e. The Morgan fingerprint density at radius 3 is 1.30 bits per heavy atom. The molecule has 0 aliphatic rings. The van der Waals surface area contributed by atoms with Crippen LogP contribution in [0.15, 0.2) is 0 Å². The minimum absolute atomic E-state index is 0.0393. The Morgan fingerprint density at radius 1 is 0.514 bits per heavy atom. The first-order chi connectivity index (χ1) is 16.3. The number of Topliss-reactive ketones (excluding diaryl/α,β-unsaturated/α-hetero) is 2. The van der Waals surface area contributed by atoms with Gasteiger partial charge in [-0.2, -0.15) is 0 Å². The summed E-state index contributed by atoms with van der Waals surface area (Å²) in [5.74, 6) is -0.591. The summed E-state index contributed by atoms with van der Waals surface area (Å²) in [5, 5.41) is 0. The van der Waals surface area contributed by atoms with Crippen molar-refractivity contribution >= 4 is 23.5 Å². The number of carbonyl (C=O) groups excluding carboxylic acids is 4. The van der Waals surface area contributed by atoms with Crippen LogP contribution in [0.5, 0.6) is 0 Å². The highest BCUT2D eigenvalue weighted by Gasteiger charge is 2.41. The quantitative estimate of drug-likeness (QED) is 0.212. The van der Waals surface area contributed by atoms with Gasteiger partial charge in [-0.1, -0.05) is 27.7 Å². The molecule has 0 aromatic heterocycles. The van der Waals surface area contributed by atoms with Crippen LogP contribution in [0, 0.1) is 21.7 Å². The van der Waals surface area contributed by atoms with Crippen molar-refractivity contribution < 1.29 is 33.4 Å². The van der Waals surface area contributed by atoms with Gasteiger partial charge in [0.25, 0.3) is 0 Å². The van der Waals surface area contributed by atoms with Crippen LogP contribution in [-0.4, -0.2) is 47.9 Å². The molecular formula is C30H54O7. The van der Waals surface area contributed by atoms with Crippen LogP contribution in [0.3, 0.4) is 0 Å². The lowest BCUT2D eigenvalue weighted by atomic mass is 9.73. The predicted octanol–water partition coefficient (Wildman–Crippen LogP) is 6.49. The van der Waals surface area contributed by atoms with Crippen LogP contribution in [-0.2, 0) is 33.4 Å². The Morgan fingerprint density at radius 2 is 0.892 bits per heavy atom. The molecule has 0 heterocycles. The second kappa shape index (κ2) is 12.4. The largest absolute Gasteiger partial charge is 0.465 e. The first kappa shape index (κ1) is 35.2. The normalized spacial score (nSPS) is 13.8. The van der Waals surface area contributed by atoms with Crippen molar-refractivity contribution in [3.63, 3.8) is 0 Å². The number of ether oxygens (including phenoxy) is 3. The SMILES string of the molecule is CC(=O)C(C)(C)CC(C)(C)C(=O)OCCC(C)(C)OCCC(C)(C)OC(=O)C(C)(C)CC(C)(C)C(C)=O. The summed E-state index contributed by atoms with van der Waals surface area (Å²) in [5.41, 5.74) is -4.08. The van der Waals surface area contributed by atoms with Crippen LogP contribution in [0.2, 0.25) is 0 Å². The molecule has 37 heavy (non-hydrogen) atoms.